The lowest BCUT2D eigenvalue weighted by atomic mass is 10.1. The van der Waals surface area contributed by atoms with Gasteiger partial charge in [-0.05, 0) is 6.42 Å². The van der Waals surface area contributed by atoms with Crippen molar-refractivity contribution in [3.63, 3.8) is 0 Å². The van der Waals surface area contributed by atoms with Crippen molar-refractivity contribution < 1.29 is 14.6 Å². The number of rotatable bonds is 14. The Hall–Kier alpha value is -0.280. The molecular formula is C16H31ClO3. The van der Waals surface area contributed by atoms with E-state index >= 15 is 0 Å². The molecule has 1 atom stereocenters. The van der Waals surface area contributed by atoms with Crippen LogP contribution in [0.2, 0.25) is 0 Å². The Morgan fingerprint density at radius 2 is 1.50 bits per heavy atom. The van der Waals surface area contributed by atoms with E-state index in [2.05, 4.69) is 6.92 Å². The van der Waals surface area contributed by atoms with Crippen molar-refractivity contribution in [2.75, 3.05) is 12.5 Å². The van der Waals surface area contributed by atoms with Gasteiger partial charge in [0.15, 0.2) is 0 Å². The van der Waals surface area contributed by atoms with E-state index in [1.807, 2.05) is 0 Å². The van der Waals surface area contributed by atoms with Crippen molar-refractivity contribution in [1.29, 1.82) is 0 Å². The third kappa shape index (κ3) is 14.1. The summed E-state index contributed by atoms with van der Waals surface area (Å²) in [4.78, 5) is 11.3. The number of carbonyl (C=O) groups excluding carboxylic acids is 1. The molecule has 3 nitrogen and oxygen atoms in total. The molecule has 0 bridgehead atoms. The first-order valence-corrected chi connectivity index (χ1v) is 8.63. The zero-order valence-electron chi connectivity index (χ0n) is 12.9. The minimum atomic E-state index is -0.742. The van der Waals surface area contributed by atoms with Gasteiger partial charge in [-0.15, -0.1) is 11.6 Å². The quantitative estimate of drug-likeness (QED) is 0.293. The highest BCUT2D eigenvalue weighted by Crippen LogP contribution is 2.11. The molecule has 0 saturated carbocycles. The number of aliphatic hydroxyl groups is 1. The van der Waals surface area contributed by atoms with Crippen LogP contribution in [0, 0.1) is 0 Å². The SMILES string of the molecule is CCCCCCCCCCCCC(=O)OCC(O)CCl. The van der Waals surface area contributed by atoms with Gasteiger partial charge in [0.05, 0.1) is 5.88 Å². The van der Waals surface area contributed by atoms with Crippen molar-refractivity contribution in [1.82, 2.24) is 0 Å². The summed E-state index contributed by atoms with van der Waals surface area (Å²) in [6, 6.07) is 0. The normalized spacial score (nSPS) is 12.3. The predicted molar refractivity (Wildman–Crippen MR) is 84.1 cm³/mol. The van der Waals surface area contributed by atoms with Gasteiger partial charge in [-0.3, -0.25) is 4.79 Å². The molecule has 0 spiro atoms. The van der Waals surface area contributed by atoms with E-state index in [0.29, 0.717) is 6.42 Å². The lowest BCUT2D eigenvalue weighted by Gasteiger charge is -2.08. The number of halogens is 1. The Balaban J connectivity index is 3.17. The molecule has 0 aromatic rings. The van der Waals surface area contributed by atoms with E-state index in [-0.39, 0.29) is 18.5 Å². The highest BCUT2D eigenvalue weighted by molar-refractivity contribution is 6.18. The van der Waals surface area contributed by atoms with E-state index in [1.165, 1.54) is 51.4 Å². The fourth-order valence-corrected chi connectivity index (χ4v) is 2.15. The van der Waals surface area contributed by atoms with Crippen LogP contribution >= 0.6 is 11.6 Å². The summed E-state index contributed by atoms with van der Waals surface area (Å²) in [5, 5.41) is 9.14. The Labute approximate surface area is 129 Å². The number of unbranched alkanes of at least 4 members (excludes halogenated alkanes) is 9. The summed E-state index contributed by atoms with van der Waals surface area (Å²) in [5.74, 6) is -0.125. The van der Waals surface area contributed by atoms with Crippen molar-refractivity contribution in [3.05, 3.63) is 0 Å². The minimum absolute atomic E-state index is 0.0140. The number of hydrogen-bond donors (Lipinski definition) is 1. The summed E-state index contributed by atoms with van der Waals surface area (Å²) in [7, 11) is 0. The molecule has 0 aromatic carbocycles. The van der Waals surface area contributed by atoms with Crippen LogP contribution in [0.1, 0.15) is 77.6 Å². The van der Waals surface area contributed by atoms with E-state index in [0.717, 1.165) is 12.8 Å². The Kier molecular flexibility index (Phi) is 14.9. The number of hydrogen-bond acceptors (Lipinski definition) is 3. The number of alkyl halides is 1. The topological polar surface area (TPSA) is 46.5 Å². The molecule has 0 aliphatic carbocycles. The first kappa shape index (κ1) is 19.7. The summed E-state index contributed by atoms with van der Waals surface area (Å²) in [5.41, 5.74) is 0. The van der Waals surface area contributed by atoms with Crippen LogP contribution in [0.4, 0.5) is 0 Å². The maximum Gasteiger partial charge on any atom is 0.305 e. The lowest BCUT2D eigenvalue weighted by Crippen LogP contribution is -2.19. The maximum absolute atomic E-state index is 11.3. The van der Waals surface area contributed by atoms with Crippen LogP contribution in [0.5, 0.6) is 0 Å². The molecule has 0 heterocycles. The van der Waals surface area contributed by atoms with Gasteiger partial charge >= 0.3 is 5.97 Å². The fraction of sp³-hybridized carbons (Fsp3) is 0.938. The Bertz CT molecular complexity index is 222. The predicted octanol–water partition coefficient (Wildman–Crippen LogP) is 4.44. The zero-order chi connectivity index (χ0) is 15.1. The second-order valence-corrected chi connectivity index (χ2v) is 5.73. The molecule has 0 rings (SSSR count). The van der Waals surface area contributed by atoms with Crippen molar-refractivity contribution >= 4 is 17.6 Å². The summed E-state index contributed by atoms with van der Waals surface area (Å²) >= 11 is 5.41. The second kappa shape index (κ2) is 15.1. The van der Waals surface area contributed by atoms with Crippen molar-refractivity contribution in [2.45, 2.75) is 83.7 Å². The number of ether oxygens (including phenoxy) is 1. The van der Waals surface area contributed by atoms with E-state index < -0.39 is 6.10 Å². The molecule has 4 heteroatoms. The molecule has 0 aliphatic heterocycles. The van der Waals surface area contributed by atoms with E-state index in [9.17, 15) is 4.79 Å². The van der Waals surface area contributed by atoms with Crippen LogP contribution in [-0.4, -0.2) is 29.7 Å². The monoisotopic (exact) mass is 306 g/mol. The fourth-order valence-electron chi connectivity index (χ4n) is 2.06. The van der Waals surface area contributed by atoms with Gasteiger partial charge in [0.1, 0.15) is 12.7 Å². The molecule has 0 aromatic heterocycles. The van der Waals surface area contributed by atoms with E-state index in [4.69, 9.17) is 21.4 Å². The second-order valence-electron chi connectivity index (χ2n) is 5.42. The average Bonchev–Trinajstić information content (AvgIpc) is 2.46. The number of esters is 1. The average molecular weight is 307 g/mol. The molecule has 0 aliphatic rings. The third-order valence-corrected chi connectivity index (χ3v) is 3.71. The molecular weight excluding hydrogens is 276 g/mol. The maximum atomic E-state index is 11.3. The molecule has 20 heavy (non-hydrogen) atoms. The summed E-state index contributed by atoms with van der Waals surface area (Å²) < 4.78 is 4.90. The molecule has 1 N–H and O–H groups in total. The van der Waals surface area contributed by atoms with E-state index in [1.54, 1.807) is 0 Å². The van der Waals surface area contributed by atoms with Gasteiger partial charge in [-0.2, -0.15) is 0 Å². The van der Waals surface area contributed by atoms with Gasteiger partial charge < -0.3 is 9.84 Å². The third-order valence-electron chi connectivity index (χ3n) is 3.35. The standard InChI is InChI=1S/C16H31ClO3/c1-2-3-4-5-6-7-8-9-10-11-12-16(19)20-14-15(18)13-17/h15,18H,2-14H2,1H3. The van der Waals surface area contributed by atoms with Gasteiger partial charge in [0.2, 0.25) is 0 Å². The van der Waals surface area contributed by atoms with Gasteiger partial charge in [-0.1, -0.05) is 64.7 Å². The molecule has 0 radical (unpaired) electrons. The smallest absolute Gasteiger partial charge is 0.305 e. The molecule has 1 unspecified atom stereocenters. The lowest BCUT2D eigenvalue weighted by molar-refractivity contribution is -0.146. The Morgan fingerprint density at radius 1 is 1.00 bits per heavy atom. The highest BCUT2D eigenvalue weighted by atomic mass is 35.5. The highest BCUT2D eigenvalue weighted by Gasteiger charge is 2.07. The largest absolute Gasteiger partial charge is 0.463 e. The van der Waals surface area contributed by atoms with Crippen LogP contribution in [0.25, 0.3) is 0 Å². The van der Waals surface area contributed by atoms with Gasteiger partial charge in [0.25, 0.3) is 0 Å². The van der Waals surface area contributed by atoms with Crippen molar-refractivity contribution in [2.24, 2.45) is 0 Å². The summed E-state index contributed by atoms with van der Waals surface area (Å²) in [6.07, 6.45) is 12.2. The Morgan fingerprint density at radius 3 is 2.00 bits per heavy atom. The first-order chi connectivity index (χ1) is 9.70. The van der Waals surface area contributed by atoms with Crippen LogP contribution in [-0.2, 0) is 9.53 Å². The molecule has 120 valence electrons. The minimum Gasteiger partial charge on any atom is -0.463 e. The van der Waals surface area contributed by atoms with Crippen LogP contribution in [0.15, 0.2) is 0 Å². The van der Waals surface area contributed by atoms with Crippen molar-refractivity contribution in [3.8, 4) is 0 Å². The van der Waals surface area contributed by atoms with Gasteiger partial charge in [-0.25, -0.2) is 0 Å². The van der Waals surface area contributed by atoms with Crippen LogP contribution in [0.3, 0.4) is 0 Å². The van der Waals surface area contributed by atoms with Gasteiger partial charge in [0, 0.05) is 6.42 Å². The molecule has 0 amide bonds. The molecule has 0 saturated heterocycles. The van der Waals surface area contributed by atoms with Crippen LogP contribution < -0.4 is 0 Å². The number of aliphatic hydroxyl groups excluding tert-OH is 1. The molecule has 0 fully saturated rings. The zero-order valence-corrected chi connectivity index (χ0v) is 13.7. The summed E-state index contributed by atoms with van der Waals surface area (Å²) in [6.45, 7) is 2.25. The number of carbonyl (C=O) groups is 1. The first-order valence-electron chi connectivity index (χ1n) is 8.10.